The lowest BCUT2D eigenvalue weighted by atomic mass is 9.87. The number of methoxy groups -OCH3 is 2. The number of carbonyl (C=O) groups excluding carboxylic acids is 1. The summed E-state index contributed by atoms with van der Waals surface area (Å²) in [5.41, 5.74) is 6.15. The molecule has 4 rings (SSSR count). The number of amides is 1. The number of carbonyl (C=O) groups is 1. The average molecular weight is 465 g/mol. The van der Waals surface area contributed by atoms with Gasteiger partial charge in [-0.15, -0.1) is 0 Å². The minimum Gasteiger partial charge on any atom is -0.493 e. The highest BCUT2D eigenvalue weighted by molar-refractivity contribution is 6.34. The van der Waals surface area contributed by atoms with Gasteiger partial charge in [0.15, 0.2) is 11.5 Å². The zero-order valence-corrected chi connectivity index (χ0v) is 20.2. The summed E-state index contributed by atoms with van der Waals surface area (Å²) in [6, 6.07) is 18.2. The highest BCUT2D eigenvalue weighted by Crippen LogP contribution is 2.41. The highest BCUT2D eigenvalue weighted by Gasteiger charge is 2.31. The lowest BCUT2D eigenvalue weighted by Gasteiger charge is -2.37. The monoisotopic (exact) mass is 464 g/mol. The fourth-order valence-electron chi connectivity index (χ4n) is 4.63. The second-order valence-electron chi connectivity index (χ2n) is 8.43. The van der Waals surface area contributed by atoms with Crippen LogP contribution in [0.3, 0.4) is 0 Å². The molecule has 1 aliphatic rings. The molecule has 0 unspecified atom stereocenters. The van der Waals surface area contributed by atoms with Gasteiger partial charge >= 0.3 is 0 Å². The lowest BCUT2D eigenvalue weighted by Crippen LogP contribution is -2.41. The van der Waals surface area contributed by atoms with E-state index in [-0.39, 0.29) is 18.5 Å². The molecule has 0 aromatic heterocycles. The lowest BCUT2D eigenvalue weighted by molar-refractivity contribution is -0.117. The third-order valence-corrected chi connectivity index (χ3v) is 6.43. The van der Waals surface area contributed by atoms with E-state index in [1.54, 1.807) is 14.2 Å². The van der Waals surface area contributed by atoms with Gasteiger partial charge in [-0.3, -0.25) is 9.69 Å². The molecule has 3 aromatic rings. The minimum atomic E-state index is -0.0892. The third kappa shape index (κ3) is 4.85. The molecule has 1 heterocycles. The van der Waals surface area contributed by atoms with Crippen LogP contribution in [-0.4, -0.2) is 38.1 Å². The Morgan fingerprint density at radius 3 is 2.42 bits per heavy atom. The minimum absolute atomic E-state index is 0.0740. The molecule has 0 saturated heterocycles. The van der Waals surface area contributed by atoms with E-state index in [1.807, 2.05) is 50.2 Å². The summed E-state index contributed by atoms with van der Waals surface area (Å²) in [6.45, 7) is 4.94. The molecule has 0 aliphatic carbocycles. The predicted molar refractivity (Wildman–Crippen MR) is 133 cm³/mol. The van der Waals surface area contributed by atoms with Gasteiger partial charge < -0.3 is 14.8 Å². The van der Waals surface area contributed by atoms with Crippen molar-refractivity contribution in [3.05, 3.63) is 87.4 Å². The van der Waals surface area contributed by atoms with Crippen LogP contribution in [0.4, 0.5) is 5.69 Å². The number of hydrogen-bond donors (Lipinski definition) is 1. The molecule has 33 heavy (non-hydrogen) atoms. The summed E-state index contributed by atoms with van der Waals surface area (Å²) in [5, 5.41) is 3.59. The van der Waals surface area contributed by atoms with Crippen LogP contribution in [-0.2, 0) is 11.2 Å². The van der Waals surface area contributed by atoms with E-state index in [0.29, 0.717) is 16.5 Å². The molecular weight excluding hydrogens is 436 g/mol. The first-order chi connectivity index (χ1) is 15.9. The van der Waals surface area contributed by atoms with Crippen LogP contribution < -0.4 is 14.8 Å². The summed E-state index contributed by atoms with van der Waals surface area (Å²) in [7, 11) is 3.29. The van der Waals surface area contributed by atoms with Crippen LogP contribution in [0.25, 0.3) is 0 Å². The van der Waals surface area contributed by atoms with E-state index in [4.69, 9.17) is 21.1 Å². The molecule has 0 bridgehead atoms. The summed E-state index contributed by atoms with van der Waals surface area (Å²) in [5.74, 6) is 1.32. The molecule has 3 aromatic carbocycles. The quantitative estimate of drug-likeness (QED) is 0.518. The van der Waals surface area contributed by atoms with Gasteiger partial charge in [0.1, 0.15) is 0 Å². The number of benzene rings is 3. The first-order valence-electron chi connectivity index (χ1n) is 11.0. The number of nitrogens with one attached hydrogen (secondary N) is 1. The number of aryl methyl sites for hydroxylation is 2. The van der Waals surface area contributed by atoms with Crippen molar-refractivity contribution in [1.82, 2.24) is 4.90 Å². The zero-order valence-electron chi connectivity index (χ0n) is 19.4. The van der Waals surface area contributed by atoms with Crippen molar-refractivity contribution in [3.8, 4) is 11.5 Å². The fourth-order valence-corrected chi connectivity index (χ4v) is 5.00. The highest BCUT2D eigenvalue weighted by atomic mass is 35.5. The van der Waals surface area contributed by atoms with E-state index >= 15 is 0 Å². The Kier molecular flexibility index (Phi) is 6.91. The van der Waals surface area contributed by atoms with Gasteiger partial charge in [0.05, 0.1) is 37.5 Å². The van der Waals surface area contributed by atoms with E-state index in [2.05, 4.69) is 28.4 Å². The van der Waals surface area contributed by atoms with Crippen molar-refractivity contribution in [2.24, 2.45) is 0 Å². The summed E-state index contributed by atoms with van der Waals surface area (Å²) in [6.07, 6.45) is 0.816. The second-order valence-corrected chi connectivity index (χ2v) is 8.83. The molecule has 0 radical (unpaired) electrons. The van der Waals surface area contributed by atoms with E-state index in [9.17, 15) is 4.79 Å². The van der Waals surface area contributed by atoms with Crippen molar-refractivity contribution >= 4 is 23.2 Å². The Bertz CT molecular complexity index is 1140. The predicted octanol–water partition coefficient (Wildman–Crippen LogP) is 5.56. The van der Waals surface area contributed by atoms with Crippen LogP contribution >= 0.6 is 11.6 Å². The number of ether oxygens (including phenoxy) is 2. The van der Waals surface area contributed by atoms with Gasteiger partial charge in [-0.25, -0.2) is 0 Å². The fraction of sp³-hybridized carbons (Fsp3) is 0.296. The van der Waals surface area contributed by atoms with Gasteiger partial charge in [0.25, 0.3) is 0 Å². The summed E-state index contributed by atoms with van der Waals surface area (Å²) < 4.78 is 11.1. The number of nitrogens with zero attached hydrogens (tertiary/aromatic N) is 1. The van der Waals surface area contributed by atoms with Crippen molar-refractivity contribution < 1.29 is 14.3 Å². The van der Waals surface area contributed by atoms with Crippen molar-refractivity contribution in [1.29, 1.82) is 0 Å². The molecule has 0 fully saturated rings. The standard InChI is InChI=1S/C27H29ClN2O3/c1-17-12-18(2)26(22(28)13-17)29-25(31)16-30-11-10-20-14-23(32-3)24(33-4)15-21(20)27(30)19-8-6-5-7-9-19/h5-9,12-15,27H,10-11,16H2,1-4H3,(H,29,31)/t27-/m0/s1. The van der Waals surface area contributed by atoms with E-state index < -0.39 is 0 Å². The van der Waals surface area contributed by atoms with Gasteiger partial charge in [-0.2, -0.15) is 0 Å². The topological polar surface area (TPSA) is 50.8 Å². The van der Waals surface area contributed by atoms with Crippen molar-refractivity contribution in [2.75, 3.05) is 32.6 Å². The number of fused-ring (bicyclic) bond motifs is 1. The number of hydrogen-bond acceptors (Lipinski definition) is 4. The zero-order chi connectivity index (χ0) is 23.5. The third-order valence-electron chi connectivity index (χ3n) is 6.13. The molecule has 6 heteroatoms. The molecule has 1 amide bonds. The average Bonchev–Trinajstić information content (AvgIpc) is 2.80. The smallest absolute Gasteiger partial charge is 0.238 e. The number of rotatable bonds is 6. The molecule has 0 saturated carbocycles. The summed E-state index contributed by atoms with van der Waals surface area (Å²) >= 11 is 6.42. The van der Waals surface area contributed by atoms with Crippen LogP contribution in [0.5, 0.6) is 11.5 Å². The maximum Gasteiger partial charge on any atom is 0.238 e. The molecule has 5 nitrogen and oxygen atoms in total. The maximum atomic E-state index is 13.1. The van der Waals surface area contributed by atoms with E-state index in [1.165, 1.54) is 5.56 Å². The second kappa shape index (κ2) is 9.86. The molecule has 1 atom stereocenters. The largest absolute Gasteiger partial charge is 0.493 e. The Balaban J connectivity index is 1.66. The van der Waals surface area contributed by atoms with Gasteiger partial charge in [0.2, 0.25) is 5.91 Å². The SMILES string of the molecule is COc1cc2c(cc1OC)[C@H](c1ccccc1)N(CC(=O)Nc1c(C)cc(C)cc1Cl)CC2. The van der Waals surface area contributed by atoms with Crippen LogP contribution in [0, 0.1) is 13.8 Å². The van der Waals surface area contributed by atoms with Gasteiger partial charge in [0, 0.05) is 6.54 Å². The first kappa shape index (κ1) is 23.1. The summed E-state index contributed by atoms with van der Waals surface area (Å²) in [4.78, 5) is 15.3. The molecule has 1 aliphatic heterocycles. The Hall–Kier alpha value is -3.02. The molecule has 172 valence electrons. The van der Waals surface area contributed by atoms with Crippen LogP contribution in [0.2, 0.25) is 5.02 Å². The van der Waals surface area contributed by atoms with E-state index in [0.717, 1.165) is 41.0 Å². The number of halogens is 1. The Morgan fingerprint density at radius 2 is 1.76 bits per heavy atom. The van der Waals surface area contributed by atoms with Crippen LogP contribution in [0.1, 0.15) is 33.9 Å². The van der Waals surface area contributed by atoms with Crippen molar-refractivity contribution in [2.45, 2.75) is 26.3 Å². The van der Waals surface area contributed by atoms with Gasteiger partial charge in [-0.05, 0) is 66.3 Å². The van der Waals surface area contributed by atoms with Gasteiger partial charge in [-0.1, -0.05) is 48.0 Å². The molecular formula is C27H29ClN2O3. The molecule has 1 N–H and O–H groups in total. The maximum absolute atomic E-state index is 13.1. The van der Waals surface area contributed by atoms with Crippen molar-refractivity contribution in [3.63, 3.8) is 0 Å². The van der Waals surface area contributed by atoms with Crippen LogP contribution in [0.15, 0.2) is 54.6 Å². The Morgan fingerprint density at radius 1 is 1.06 bits per heavy atom. The normalized spacial score (nSPS) is 15.6. The first-order valence-corrected chi connectivity index (χ1v) is 11.4. The molecule has 0 spiro atoms. The number of anilines is 1. The Labute approximate surface area is 200 Å².